The van der Waals surface area contributed by atoms with Crippen LogP contribution in [0.15, 0.2) is 0 Å². The minimum atomic E-state index is -6.41. The first-order valence-corrected chi connectivity index (χ1v) is 8.93. The molecule has 0 unspecified atom stereocenters. The summed E-state index contributed by atoms with van der Waals surface area (Å²) in [5, 5.41) is 0. The van der Waals surface area contributed by atoms with Crippen molar-refractivity contribution in [2.75, 3.05) is 13.2 Å². The van der Waals surface area contributed by atoms with E-state index in [1.54, 1.807) is 0 Å². The van der Waals surface area contributed by atoms with E-state index in [2.05, 4.69) is 14.2 Å². The van der Waals surface area contributed by atoms with Crippen LogP contribution in [0.2, 0.25) is 0 Å². The van der Waals surface area contributed by atoms with Gasteiger partial charge in [0.25, 0.3) is 0 Å². The summed E-state index contributed by atoms with van der Waals surface area (Å²) in [7, 11) is 0. The maximum absolute atomic E-state index is 13.8. The zero-order valence-corrected chi connectivity index (χ0v) is 15.8. The van der Waals surface area contributed by atoms with Crippen molar-refractivity contribution < 1.29 is 54.9 Å². The van der Waals surface area contributed by atoms with E-state index < -0.39 is 60.9 Å². The Bertz CT molecular complexity index is 601. The summed E-state index contributed by atoms with van der Waals surface area (Å²) >= 11 is 0. The molecule has 0 atom stereocenters. The van der Waals surface area contributed by atoms with Gasteiger partial charge in [-0.05, 0) is 25.7 Å². The molecule has 29 heavy (non-hydrogen) atoms. The van der Waals surface area contributed by atoms with E-state index in [0.29, 0.717) is 12.8 Å². The highest BCUT2D eigenvalue weighted by molar-refractivity contribution is 5.84. The van der Waals surface area contributed by atoms with Crippen molar-refractivity contribution in [3.63, 3.8) is 0 Å². The zero-order chi connectivity index (χ0) is 22.5. The molecule has 1 saturated carbocycles. The van der Waals surface area contributed by atoms with Crippen LogP contribution in [-0.4, -0.2) is 55.0 Å². The summed E-state index contributed by atoms with van der Waals surface area (Å²) in [4.78, 5) is 33.9. The van der Waals surface area contributed by atoms with Crippen LogP contribution in [0.25, 0.3) is 0 Å². The lowest BCUT2D eigenvalue weighted by Crippen LogP contribution is -2.62. The highest BCUT2D eigenvalue weighted by Gasteiger charge is 2.79. The van der Waals surface area contributed by atoms with Crippen molar-refractivity contribution in [2.45, 2.75) is 69.8 Å². The van der Waals surface area contributed by atoms with Crippen molar-refractivity contribution in [3.8, 4) is 0 Å². The van der Waals surface area contributed by atoms with Crippen molar-refractivity contribution in [1.82, 2.24) is 0 Å². The number of hydrogen-bond acceptors (Lipinski definition) is 6. The van der Waals surface area contributed by atoms with Crippen LogP contribution < -0.4 is 0 Å². The van der Waals surface area contributed by atoms with Gasteiger partial charge in [0, 0.05) is 0 Å². The molecule has 0 aromatic rings. The summed E-state index contributed by atoms with van der Waals surface area (Å²) in [6.07, 6.45) is 0.931. The Balaban J connectivity index is 2.74. The van der Waals surface area contributed by atoms with Gasteiger partial charge in [0.2, 0.25) is 0 Å². The molecule has 0 N–H and O–H groups in total. The number of halogens is 6. The van der Waals surface area contributed by atoms with Gasteiger partial charge >= 0.3 is 35.7 Å². The Hall–Kier alpha value is -2.01. The number of ether oxygens (including phenoxy) is 3. The molecule has 0 heterocycles. The average Bonchev–Trinajstić information content (AvgIpc) is 2.64. The molecule has 6 nitrogen and oxygen atoms in total. The molecule has 0 aliphatic heterocycles. The summed E-state index contributed by atoms with van der Waals surface area (Å²) in [6.45, 7) is 1.07. The van der Waals surface area contributed by atoms with Crippen molar-refractivity contribution >= 4 is 17.9 Å². The standard InChI is InChI=1S/C17H22F6O6/c1-10(2)12(24)27-8-9-28-13(25)15(18,19)17(22,23)16(20,21)14(26)29-11-6-4-3-5-7-11/h10-11H,3-9H2,1-2H3. The van der Waals surface area contributed by atoms with Crippen LogP contribution in [0.3, 0.4) is 0 Å². The number of alkyl halides is 6. The SMILES string of the molecule is CC(C)C(=O)OCCOC(=O)C(F)(F)C(F)(F)C(F)(F)C(=O)OC1CCCCC1. The number of carbonyl (C=O) groups is 3. The summed E-state index contributed by atoms with van der Waals surface area (Å²) < 4.78 is 95.2. The summed E-state index contributed by atoms with van der Waals surface area (Å²) in [5.41, 5.74) is 0. The largest absolute Gasteiger partial charge is 0.462 e. The van der Waals surface area contributed by atoms with Crippen LogP contribution in [0.5, 0.6) is 0 Å². The van der Waals surface area contributed by atoms with E-state index in [1.165, 1.54) is 13.8 Å². The highest BCUT2D eigenvalue weighted by Crippen LogP contribution is 2.47. The van der Waals surface area contributed by atoms with E-state index in [-0.39, 0.29) is 12.8 Å². The topological polar surface area (TPSA) is 78.9 Å². The van der Waals surface area contributed by atoms with Gasteiger partial charge in [-0.15, -0.1) is 0 Å². The number of carbonyl (C=O) groups excluding carboxylic acids is 3. The van der Waals surface area contributed by atoms with Gasteiger partial charge in [0.1, 0.15) is 19.3 Å². The third kappa shape index (κ3) is 5.75. The molecule has 1 aliphatic carbocycles. The minimum absolute atomic E-state index is 0.140. The second-order valence-corrected chi connectivity index (χ2v) is 6.85. The van der Waals surface area contributed by atoms with Crippen LogP contribution >= 0.6 is 0 Å². The minimum Gasteiger partial charge on any atom is -0.462 e. The highest BCUT2D eigenvalue weighted by atomic mass is 19.3. The second-order valence-electron chi connectivity index (χ2n) is 6.85. The molecule has 0 aromatic heterocycles. The zero-order valence-electron chi connectivity index (χ0n) is 15.8. The molecule has 0 amide bonds. The van der Waals surface area contributed by atoms with Crippen molar-refractivity contribution in [1.29, 1.82) is 0 Å². The first-order valence-electron chi connectivity index (χ1n) is 8.93. The molecule has 0 spiro atoms. The predicted octanol–water partition coefficient (Wildman–Crippen LogP) is 3.51. The number of esters is 3. The second kappa shape index (κ2) is 9.66. The molecule has 1 fully saturated rings. The monoisotopic (exact) mass is 436 g/mol. The molecule has 0 radical (unpaired) electrons. The fourth-order valence-electron chi connectivity index (χ4n) is 2.40. The Kier molecular flexibility index (Phi) is 8.34. The van der Waals surface area contributed by atoms with Crippen LogP contribution in [0.1, 0.15) is 46.0 Å². The maximum Gasteiger partial charge on any atom is 0.411 e. The lowest BCUT2D eigenvalue weighted by molar-refractivity contribution is -0.302. The number of hydrogen-bond donors (Lipinski definition) is 0. The van der Waals surface area contributed by atoms with Gasteiger partial charge in [-0.2, -0.15) is 26.3 Å². The summed E-state index contributed by atoms with van der Waals surface area (Å²) in [6, 6.07) is 0. The van der Waals surface area contributed by atoms with Gasteiger partial charge in [0.05, 0.1) is 5.92 Å². The van der Waals surface area contributed by atoms with E-state index >= 15 is 0 Å². The number of rotatable bonds is 9. The van der Waals surface area contributed by atoms with Gasteiger partial charge in [-0.1, -0.05) is 20.3 Å². The molecule has 1 rings (SSSR count). The van der Waals surface area contributed by atoms with Gasteiger partial charge in [0.15, 0.2) is 0 Å². The molecule has 0 saturated heterocycles. The molecule has 12 heteroatoms. The first kappa shape index (κ1) is 25.0. The third-order valence-corrected chi connectivity index (χ3v) is 4.16. The Morgan fingerprint density at radius 1 is 0.828 bits per heavy atom. The molecule has 1 aliphatic rings. The van der Waals surface area contributed by atoms with Gasteiger partial charge in [-0.25, -0.2) is 9.59 Å². The molecular weight excluding hydrogens is 414 g/mol. The maximum atomic E-state index is 13.8. The lowest BCUT2D eigenvalue weighted by atomic mass is 9.97. The molecule has 168 valence electrons. The Morgan fingerprint density at radius 2 is 1.31 bits per heavy atom. The smallest absolute Gasteiger partial charge is 0.411 e. The van der Waals surface area contributed by atoms with Crippen molar-refractivity contribution in [3.05, 3.63) is 0 Å². The normalized spacial score (nSPS) is 16.4. The van der Waals surface area contributed by atoms with Crippen LogP contribution in [-0.2, 0) is 28.6 Å². The third-order valence-electron chi connectivity index (χ3n) is 4.16. The fourth-order valence-corrected chi connectivity index (χ4v) is 2.40. The van der Waals surface area contributed by atoms with Crippen LogP contribution in [0, 0.1) is 5.92 Å². The van der Waals surface area contributed by atoms with Gasteiger partial charge < -0.3 is 14.2 Å². The predicted molar refractivity (Wildman–Crippen MR) is 84.6 cm³/mol. The Labute approximate surface area is 162 Å². The van der Waals surface area contributed by atoms with Gasteiger partial charge in [-0.3, -0.25) is 4.79 Å². The van der Waals surface area contributed by atoms with E-state index in [1.807, 2.05) is 0 Å². The quantitative estimate of drug-likeness (QED) is 0.238. The average molecular weight is 436 g/mol. The first-order chi connectivity index (χ1) is 13.2. The summed E-state index contributed by atoms with van der Waals surface area (Å²) in [5.74, 6) is -25.6. The lowest BCUT2D eigenvalue weighted by Gasteiger charge is -2.31. The van der Waals surface area contributed by atoms with E-state index in [4.69, 9.17) is 0 Å². The fraction of sp³-hybridized carbons (Fsp3) is 0.824. The van der Waals surface area contributed by atoms with E-state index in [9.17, 15) is 40.7 Å². The van der Waals surface area contributed by atoms with Crippen LogP contribution in [0.4, 0.5) is 26.3 Å². The van der Waals surface area contributed by atoms with Crippen molar-refractivity contribution in [2.24, 2.45) is 5.92 Å². The Morgan fingerprint density at radius 3 is 1.83 bits per heavy atom. The molecular formula is C17H22F6O6. The molecule has 0 bridgehead atoms. The molecule has 0 aromatic carbocycles. The van der Waals surface area contributed by atoms with E-state index in [0.717, 1.165) is 6.42 Å².